The van der Waals surface area contributed by atoms with Crippen LogP contribution >= 0.6 is 27.3 Å². The predicted octanol–water partition coefficient (Wildman–Crippen LogP) is 2.53. The first-order valence-electron chi connectivity index (χ1n) is 5.62. The van der Waals surface area contributed by atoms with Crippen LogP contribution in [0, 0.1) is 6.92 Å². The Kier molecular flexibility index (Phi) is 4.26. The average Bonchev–Trinajstić information content (AvgIpc) is 2.94. The molecule has 7 heteroatoms. The summed E-state index contributed by atoms with van der Waals surface area (Å²) in [4.78, 5) is 24.4. The number of methoxy groups -OCH3 is 1. The molecule has 0 saturated carbocycles. The summed E-state index contributed by atoms with van der Waals surface area (Å²) in [6.45, 7) is 1.81. The Morgan fingerprint density at radius 2 is 2.21 bits per heavy atom. The highest BCUT2D eigenvalue weighted by atomic mass is 79.9. The van der Waals surface area contributed by atoms with E-state index in [1.165, 1.54) is 18.4 Å². The van der Waals surface area contributed by atoms with Crippen LogP contribution in [0.2, 0.25) is 0 Å². The van der Waals surface area contributed by atoms with E-state index in [1.54, 1.807) is 6.92 Å². The Labute approximate surface area is 122 Å². The second-order valence-corrected chi connectivity index (χ2v) is 6.59. The average molecular weight is 345 g/mol. The minimum absolute atomic E-state index is 0.144. The summed E-state index contributed by atoms with van der Waals surface area (Å²) >= 11 is 4.90. The number of hydrogen-bond donors (Lipinski definition) is 2. The van der Waals surface area contributed by atoms with Gasteiger partial charge >= 0.3 is 5.97 Å². The number of aromatic amines is 2. The summed E-state index contributed by atoms with van der Waals surface area (Å²) in [5, 5.41) is 5.33. The molecule has 0 unspecified atom stereocenters. The van der Waals surface area contributed by atoms with Crippen LogP contribution in [0.3, 0.4) is 0 Å². The number of H-pyrrole nitrogens is 2. The maximum atomic E-state index is 11.9. The summed E-state index contributed by atoms with van der Waals surface area (Å²) in [5.74, 6) is -0.631. The van der Waals surface area contributed by atoms with Gasteiger partial charge in [0.25, 0.3) is 5.56 Å². The topological polar surface area (TPSA) is 75.0 Å². The summed E-state index contributed by atoms with van der Waals surface area (Å²) in [7, 11) is 1.35. The van der Waals surface area contributed by atoms with Gasteiger partial charge in [0, 0.05) is 22.1 Å². The van der Waals surface area contributed by atoms with E-state index in [2.05, 4.69) is 26.1 Å². The lowest BCUT2D eigenvalue weighted by molar-refractivity contribution is -0.140. The fourth-order valence-corrected chi connectivity index (χ4v) is 3.52. The number of hydrogen-bond acceptors (Lipinski definition) is 4. The molecule has 0 aliphatic heterocycles. The van der Waals surface area contributed by atoms with Gasteiger partial charge in [-0.05, 0) is 35.0 Å². The van der Waals surface area contributed by atoms with E-state index < -0.39 is 0 Å². The Bertz CT molecular complexity index is 643. The molecule has 5 nitrogen and oxygen atoms in total. The molecular weight excluding hydrogens is 332 g/mol. The maximum Gasteiger partial charge on any atom is 0.306 e. The Hall–Kier alpha value is -1.34. The van der Waals surface area contributed by atoms with Crippen molar-refractivity contribution in [3.8, 4) is 0 Å². The minimum Gasteiger partial charge on any atom is -0.469 e. The van der Waals surface area contributed by atoms with Crippen LogP contribution in [-0.4, -0.2) is 23.3 Å². The molecule has 0 aliphatic rings. The lowest BCUT2D eigenvalue weighted by Crippen LogP contribution is -2.16. The second kappa shape index (κ2) is 5.75. The molecule has 0 bridgehead atoms. The first-order chi connectivity index (χ1) is 9.02. The van der Waals surface area contributed by atoms with Gasteiger partial charge in [-0.1, -0.05) is 0 Å². The third-order valence-corrected chi connectivity index (χ3v) is 4.63. The molecule has 0 aromatic carbocycles. The van der Waals surface area contributed by atoms with Crippen LogP contribution in [0.25, 0.3) is 0 Å². The van der Waals surface area contributed by atoms with Gasteiger partial charge in [0.05, 0.1) is 17.3 Å². The molecule has 19 heavy (non-hydrogen) atoms. The van der Waals surface area contributed by atoms with Crippen molar-refractivity contribution in [1.82, 2.24) is 10.2 Å². The molecule has 0 fully saturated rings. The maximum absolute atomic E-state index is 11.9. The Morgan fingerprint density at radius 3 is 2.68 bits per heavy atom. The molecule has 0 aliphatic carbocycles. The molecule has 0 spiro atoms. The predicted molar refractivity (Wildman–Crippen MR) is 76.6 cm³/mol. The zero-order valence-electron chi connectivity index (χ0n) is 10.5. The van der Waals surface area contributed by atoms with Gasteiger partial charge in [-0.15, -0.1) is 11.3 Å². The highest BCUT2D eigenvalue weighted by Gasteiger charge is 2.25. The van der Waals surface area contributed by atoms with Crippen LogP contribution < -0.4 is 5.56 Å². The standard InChI is InChI=1S/C12H13BrN2O3S/c1-6-11(12(17)15-14-6)7(5-10(16)18-2)8-3-4-9(13)19-8/h3-4,7H,5H2,1-2H3,(H2,14,15,17)/t7-/m1/s1. The Balaban J connectivity index is 2.46. The molecule has 2 N–H and O–H groups in total. The summed E-state index contributed by atoms with van der Waals surface area (Å²) in [6, 6.07) is 3.81. The summed E-state index contributed by atoms with van der Waals surface area (Å²) in [5.41, 5.74) is 1.12. The lowest BCUT2D eigenvalue weighted by atomic mass is 9.94. The number of carbonyl (C=O) groups is 1. The van der Waals surface area contributed by atoms with E-state index in [-0.39, 0.29) is 23.9 Å². The number of ether oxygens (including phenoxy) is 1. The molecular formula is C12H13BrN2O3S. The molecule has 0 radical (unpaired) electrons. The molecule has 2 aromatic rings. The summed E-state index contributed by atoms with van der Waals surface area (Å²) in [6.07, 6.45) is 0.144. The Morgan fingerprint density at radius 1 is 1.47 bits per heavy atom. The van der Waals surface area contributed by atoms with Crippen molar-refractivity contribution in [3.63, 3.8) is 0 Å². The van der Waals surface area contributed by atoms with E-state index in [4.69, 9.17) is 4.74 Å². The minimum atomic E-state index is -0.338. The van der Waals surface area contributed by atoms with Gasteiger partial charge < -0.3 is 9.84 Å². The third kappa shape index (κ3) is 2.98. The van der Waals surface area contributed by atoms with Crippen molar-refractivity contribution < 1.29 is 9.53 Å². The largest absolute Gasteiger partial charge is 0.469 e. The molecule has 1 atom stereocenters. The van der Waals surface area contributed by atoms with Crippen LogP contribution in [0.1, 0.15) is 28.5 Å². The molecule has 2 heterocycles. The van der Waals surface area contributed by atoms with Gasteiger partial charge in [0.1, 0.15) is 0 Å². The molecule has 2 aromatic heterocycles. The fraction of sp³-hybridized carbons (Fsp3) is 0.333. The van der Waals surface area contributed by atoms with Crippen molar-refractivity contribution in [1.29, 1.82) is 0 Å². The first kappa shape index (κ1) is 14.1. The normalized spacial score (nSPS) is 12.4. The van der Waals surface area contributed by atoms with Gasteiger partial charge in [-0.2, -0.15) is 0 Å². The van der Waals surface area contributed by atoms with Crippen molar-refractivity contribution in [3.05, 3.63) is 42.4 Å². The number of thiophene rings is 1. The van der Waals surface area contributed by atoms with Gasteiger partial charge in [0.2, 0.25) is 0 Å². The van der Waals surface area contributed by atoms with Crippen LogP contribution in [-0.2, 0) is 9.53 Å². The van der Waals surface area contributed by atoms with E-state index >= 15 is 0 Å². The number of nitrogens with one attached hydrogen (secondary N) is 2. The van der Waals surface area contributed by atoms with E-state index in [9.17, 15) is 9.59 Å². The van der Waals surface area contributed by atoms with E-state index in [0.29, 0.717) is 5.56 Å². The van der Waals surface area contributed by atoms with Gasteiger partial charge in [0.15, 0.2) is 0 Å². The first-order valence-corrected chi connectivity index (χ1v) is 7.23. The highest BCUT2D eigenvalue weighted by molar-refractivity contribution is 9.11. The lowest BCUT2D eigenvalue weighted by Gasteiger charge is -2.12. The van der Waals surface area contributed by atoms with Crippen molar-refractivity contribution in [2.75, 3.05) is 7.11 Å². The molecule has 102 valence electrons. The molecule has 0 saturated heterocycles. The van der Waals surface area contributed by atoms with E-state index in [1.807, 2.05) is 12.1 Å². The van der Waals surface area contributed by atoms with Gasteiger partial charge in [-0.3, -0.25) is 14.7 Å². The number of carbonyl (C=O) groups excluding carboxylic acids is 1. The molecule has 0 amide bonds. The van der Waals surface area contributed by atoms with Crippen LogP contribution in [0.15, 0.2) is 20.7 Å². The second-order valence-electron chi connectivity index (χ2n) is 4.09. The zero-order chi connectivity index (χ0) is 14.0. The zero-order valence-corrected chi connectivity index (χ0v) is 12.9. The fourth-order valence-electron chi connectivity index (χ4n) is 1.99. The number of aryl methyl sites for hydroxylation is 1. The van der Waals surface area contributed by atoms with E-state index in [0.717, 1.165) is 14.4 Å². The third-order valence-electron chi connectivity index (χ3n) is 2.90. The quantitative estimate of drug-likeness (QED) is 0.837. The highest BCUT2D eigenvalue weighted by Crippen LogP contribution is 2.34. The molecule has 2 rings (SSSR count). The number of aromatic nitrogens is 2. The van der Waals surface area contributed by atoms with Crippen molar-refractivity contribution in [2.24, 2.45) is 0 Å². The van der Waals surface area contributed by atoms with Crippen molar-refractivity contribution >= 4 is 33.2 Å². The summed E-state index contributed by atoms with van der Waals surface area (Å²) < 4.78 is 5.68. The van der Waals surface area contributed by atoms with Crippen LogP contribution in [0.4, 0.5) is 0 Å². The number of esters is 1. The smallest absolute Gasteiger partial charge is 0.306 e. The number of halogens is 1. The monoisotopic (exact) mass is 344 g/mol. The van der Waals surface area contributed by atoms with Crippen LogP contribution in [0.5, 0.6) is 0 Å². The number of rotatable bonds is 4. The van der Waals surface area contributed by atoms with Crippen molar-refractivity contribution in [2.45, 2.75) is 19.3 Å². The van der Waals surface area contributed by atoms with Gasteiger partial charge in [-0.25, -0.2) is 0 Å². The SMILES string of the molecule is COC(=O)C[C@H](c1ccc(Br)s1)c1c(C)[nH][nH]c1=O.